The van der Waals surface area contributed by atoms with Crippen LogP contribution in [0.4, 0.5) is 5.00 Å². The van der Waals surface area contributed by atoms with Crippen LogP contribution in [0.3, 0.4) is 0 Å². The van der Waals surface area contributed by atoms with Gasteiger partial charge in [0.05, 0.1) is 12.2 Å². The molecule has 1 N–H and O–H groups in total. The van der Waals surface area contributed by atoms with E-state index in [1.54, 1.807) is 13.8 Å². The number of anilines is 1. The van der Waals surface area contributed by atoms with Crippen LogP contribution in [0.25, 0.3) is 0 Å². The molecule has 126 valence electrons. The molecule has 23 heavy (non-hydrogen) atoms. The van der Waals surface area contributed by atoms with Gasteiger partial charge in [-0.05, 0) is 32.3 Å². The first-order valence-electron chi connectivity index (χ1n) is 8.01. The Hall–Kier alpha value is -1.87. The monoisotopic (exact) mass is 336 g/mol. The van der Waals surface area contributed by atoms with Crippen LogP contribution in [0.15, 0.2) is 0 Å². The van der Waals surface area contributed by atoms with E-state index >= 15 is 0 Å². The number of esters is 1. The summed E-state index contributed by atoms with van der Waals surface area (Å²) >= 11 is 1.11. The number of hydrogen-bond acceptors (Lipinski definition) is 5. The summed E-state index contributed by atoms with van der Waals surface area (Å²) in [5.41, 5.74) is 0.907. The van der Waals surface area contributed by atoms with E-state index in [0.29, 0.717) is 21.0 Å². The Morgan fingerprint density at radius 2 is 2.04 bits per heavy atom. The van der Waals surface area contributed by atoms with Gasteiger partial charge in [0.2, 0.25) is 5.91 Å². The second-order valence-corrected chi connectivity index (χ2v) is 6.35. The van der Waals surface area contributed by atoms with E-state index in [-0.39, 0.29) is 18.4 Å². The average molecular weight is 336 g/mol. The van der Waals surface area contributed by atoms with Crippen LogP contribution in [-0.4, -0.2) is 18.5 Å². The predicted molar refractivity (Wildman–Crippen MR) is 91.7 cm³/mol. The third-order valence-corrected chi connectivity index (χ3v) is 4.91. The van der Waals surface area contributed by atoms with Crippen molar-refractivity contribution in [2.24, 2.45) is 5.92 Å². The molecule has 0 fully saturated rings. The molecule has 1 amide bonds. The van der Waals surface area contributed by atoms with Gasteiger partial charge in [0.1, 0.15) is 15.9 Å². The SMILES string of the molecule is CCCCC(CC)C(=O)Nc1sc(C(=O)OCC)c(C)c1C#N. The largest absolute Gasteiger partial charge is 0.462 e. The summed E-state index contributed by atoms with van der Waals surface area (Å²) in [6, 6.07) is 2.07. The predicted octanol–water partition coefficient (Wildman–Crippen LogP) is 4.26. The summed E-state index contributed by atoms with van der Waals surface area (Å²) in [6.45, 7) is 7.77. The molecule has 0 aliphatic rings. The van der Waals surface area contributed by atoms with Gasteiger partial charge in [0, 0.05) is 5.92 Å². The maximum atomic E-state index is 12.4. The van der Waals surface area contributed by atoms with Gasteiger partial charge in [0.25, 0.3) is 0 Å². The summed E-state index contributed by atoms with van der Waals surface area (Å²) in [5, 5.41) is 12.6. The molecule has 1 aromatic heterocycles. The van der Waals surface area contributed by atoms with E-state index in [9.17, 15) is 14.9 Å². The molecular formula is C17H24N2O3S. The van der Waals surface area contributed by atoms with Crippen molar-refractivity contribution in [3.63, 3.8) is 0 Å². The number of ether oxygens (including phenoxy) is 1. The minimum Gasteiger partial charge on any atom is -0.462 e. The van der Waals surface area contributed by atoms with Crippen LogP contribution in [0, 0.1) is 24.2 Å². The highest BCUT2D eigenvalue weighted by molar-refractivity contribution is 7.18. The van der Waals surface area contributed by atoms with Crippen LogP contribution < -0.4 is 5.32 Å². The number of unbranched alkanes of at least 4 members (excludes halogenated alkanes) is 1. The Balaban J connectivity index is 2.99. The molecule has 0 spiro atoms. The first-order valence-corrected chi connectivity index (χ1v) is 8.83. The summed E-state index contributed by atoms with van der Waals surface area (Å²) in [6.07, 6.45) is 3.62. The van der Waals surface area contributed by atoms with Crippen LogP contribution in [-0.2, 0) is 9.53 Å². The quantitative estimate of drug-likeness (QED) is 0.719. The Labute approximate surface area is 141 Å². The third kappa shape index (κ3) is 4.80. The topological polar surface area (TPSA) is 79.2 Å². The first kappa shape index (κ1) is 19.2. The van der Waals surface area contributed by atoms with Gasteiger partial charge in [0.15, 0.2) is 0 Å². The first-order chi connectivity index (χ1) is 11.0. The molecule has 1 atom stereocenters. The average Bonchev–Trinajstić information content (AvgIpc) is 2.84. The van der Waals surface area contributed by atoms with Crippen molar-refractivity contribution < 1.29 is 14.3 Å². The number of rotatable bonds is 8. The molecule has 1 rings (SSSR count). The summed E-state index contributed by atoms with van der Waals surface area (Å²) in [4.78, 5) is 24.7. The van der Waals surface area contributed by atoms with Crippen LogP contribution in [0.5, 0.6) is 0 Å². The Kier molecular flexibility index (Phi) is 7.76. The molecule has 0 saturated carbocycles. The summed E-state index contributed by atoms with van der Waals surface area (Å²) in [5.74, 6) is -0.617. The Bertz CT molecular complexity index is 602. The lowest BCUT2D eigenvalue weighted by Gasteiger charge is -2.13. The summed E-state index contributed by atoms with van der Waals surface area (Å²) < 4.78 is 5.00. The lowest BCUT2D eigenvalue weighted by Crippen LogP contribution is -2.22. The minimum atomic E-state index is -0.454. The molecule has 0 aliphatic heterocycles. The molecule has 6 heteroatoms. The zero-order valence-electron chi connectivity index (χ0n) is 14.2. The van der Waals surface area contributed by atoms with Crippen molar-refractivity contribution in [1.82, 2.24) is 0 Å². The normalized spacial score (nSPS) is 11.6. The number of carbonyl (C=O) groups is 2. The zero-order chi connectivity index (χ0) is 17.4. The molecule has 0 radical (unpaired) electrons. The number of carbonyl (C=O) groups excluding carboxylic acids is 2. The van der Waals surface area contributed by atoms with E-state index in [2.05, 4.69) is 18.3 Å². The van der Waals surface area contributed by atoms with Crippen molar-refractivity contribution in [3.8, 4) is 6.07 Å². The van der Waals surface area contributed by atoms with Crippen molar-refractivity contribution in [3.05, 3.63) is 16.0 Å². The highest BCUT2D eigenvalue weighted by Crippen LogP contribution is 2.33. The van der Waals surface area contributed by atoms with Crippen molar-refractivity contribution >= 4 is 28.2 Å². The smallest absolute Gasteiger partial charge is 0.348 e. The fraction of sp³-hybridized carbons (Fsp3) is 0.588. The second-order valence-electron chi connectivity index (χ2n) is 5.33. The molecule has 0 aliphatic carbocycles. The molecule has 1 unspecified atom stereocenters. The van der Waals surface area contributed by atoms with Crippen molar-refractivity contribution in [2.45, 2.75) is 53.4 Å². The maximum Gasteiger partial charge on any atom is 0.348 e. The number of nitrogens with zero attached hydrogens (tertiary/aromatic N) is 1. The van der Waals surface area contributed by atoms with E-state index in [0.717, 1.165) is 37.0 Å². The molecule has 0 aromatic carbocycles. The third-order valence-electron chi connectivity index (χ3n) is 3.73. The maximum absolute atomic E-state index is 12.4. The number of thiophene rings is 1. The van der Waals surface area contributed by atoms with Gasteiger partial charge in [-0.2, -0.15) is 5.26 Å². The van der Waals surface area contributed by atoms with Crippen molar-refractivity contribution in [2.75, 3.05) is 11.9 Å². The molecule has 1 heterocycles. The van der Waals surface area contributed by atoms with E-state index < -0.39 is 5.97 Å². The Morgan fingerprint density at radius 1 is 1.35 bits per heavy atom. The Morgan fingerprint density at radius 3 is 2.57 bits per heavy atom. The van der Waals surface area contributed by atoms with E-state index in [1.165, 1.54) is 0 Å². The summed E-state index contributed by atoms with van der Waals surface area (Å²) in [7, 11) is 0. The van der Waals surface area contributed by atoms with Crippen molar-refractivity contribution in [1.29, 1.82) is 5.26 Å². The molecule has 1 aromatic rings. The molecule has 0 saturated heterocycles. The van der Waals surface area contributed by atoms with E-state index in [1.807, 2.05) is 6.92 Å². The molecular weight excluding hydrogens is 312 g/mol. The zero-order valence-corrected chi connectivity index (χ0v) is 15.0. The molecule has 0 bridgehead atoms. The lowest BCUT2D eigenvalue weighted by atomic mass is 9.98. The van der Waals surface area contributed by atoms with Crippen LogP contribution >= 0.6 is 11.3 Å². The van der Waals surface area contributed by atoms with Gasteiger partial charge >= 0.3 is 5.97 Å². The number of amides is 1. The van der Waals surface area contributed by atoms with Gasteiger partial charge in [-0.15, -0.1) is 11.3 Å². The van der Waals surface area contributed by atoms with Crippen LogP contribution in [0.2, 0.25) is 0 Å². The van der Waals surface area contributed by atoms with E-state index in [4.69, 9.17) is 4.74 Å². The number of nitriles is 1. The van der Waals surface area contributed by atoms with Crippen LogP contribution in [0.1, 0.15) is 67.3 Å². The van der Waals surface area contributed by atoms with Gasteiger partial charge in [-0.3, -0.25) is 4.79 Å². The van der Waals surface area contributed by atoms with Gasteiger partial charge in [-0.1, -0.05) is 26.7 Å². The lowest BCUT2D eigenvalue weighted by molar-refractivity contribution is -0.120. The number of hydrogen-bond donors (Lipinski definition) is 1. The number of nitrogens with one attached hydrogen (secondary N) is 1. The second kappa shape index (κ2) is 9.31. The van der Waals surface area contributed by atoms with Gasteiger partial charge < -0.3 is 10.1 Å². The standard InChI is InChI=1S/C17H24N2O3S/c1-5-8-9-12(6-2)15(20)19-16-13(10-18)11(4)14(23-16)17(21)22-7-3/h12H,5-9H2,1-4H3,(H,19,20). The van der Waals surface area contributed by atoms with Gasteiger partial charge in [-0.25, -0.2) is 4.79 Å². The fourth-order valence-electron chi connectivity index (χ4n) is 2.31. The minimum absolute atomic E-state index is 0.0741. The highest BCUT2D eigenvalue weighted by Gasteiger charge is 2.24. The highest BCUT2D eigenvalue weighted by atomic mass is 32.1. The fourth-order valence-corrected chi connectivity index (χ4v) is 3.37. The molecule has 5 nitrogen and oxygen atoms in total.